The minimum atomic E-state index is -3.72. The van der Waals surface area contributed by atoms with Crippen molar-refractivity contribution in [1.29, 1.82) is 0 Å². The van der Waals surface area contributed by atoms with Crippen LogP contribution in [0.2, 0.25) is 0 Å². The van der Waals surface area contributed by atoms with Crippen molar-refractivity contribution >= 4 is 15.9 Å². The summed E-state index contributed by atoms with van der Waals surface area (Å²) in [6, 6.07) is 14.0. The van der Waals surface area contributed by atoms with E-state index in [1.807, 2.05) is 37.3 Å². The average molecular weight is 459 g/mol. The molecule has 0 aliphatic carbocycles. The van der Waals surface area contributed by atoms with Crippen LogP contribution in [0.15, 0.2) is 53.4 Å². The number of aryl methyl sites for hydroxylation is 1. The molecule has 0 aromatic heterocycles. The number of likely N-dealkylation sites (N-methyl/N-ethyl adjacent to an activating group) is 1. The van der Waals surface area contributed by atoms with Gasteiger partial charge in [0.05, 0.1) is 4.90 Å². The molecule has 2 aromatic rings. The van der Waals surface area contributed by atoms with Gasteiger partial charge in [-0.1, -0.05) is 36.4 Å². The lowest BCUT2D eigenvalue weighted by molar-refractivity contribution is 0.0951. The Labute approximate surface area is 191 Å². The van der Waals surface area contributed by atoms with Gasteiger partial charge in [-0.3, -0.25) is 4.79 Å². The maximum Gasteiger partial charge on any atom is 0.251 e. The number of nitrogens with one attached hydrogen (secondary N) is 2. The second-order valence-electron chi connectivity index (χ2n) is 8.39. The molecule has 8 heteroatoms. The molecule has 1 aliphatic heterocycles. The number of amides is 1. The van der Waals surface area contributed by atoms with Gasteiger partial charge in [0, 0.05) is 44.8 Å². The number of benzene rings is 2. The highest BCUT2D eigenvalue weighted by Gasteiger charge is 2.18. The van der Waals surface area contributed by atoms with Gasteiger partial charge < -0.3 is 15.1 Å². The first kappa shape index (κ1) is 24.4. The molecule has 1 heterocycles. The van der Waals surface area contributed by atoms with Gasteiger partial charge in [-0.2, -0.15) is 0 Å². The number of hydrogen-bond acceptors (Lipinski definition) is 5. The Morgan fingerprint density at radius 3 is 2.44 bits per heavy atom. The molecule has 7 nitrogen and oxygen atoms in total. The molecule has 1 aliphatic rings. The van der Waals surface area contributed by atoms with Gasteiger partial charge in [0.2, 0.25) is 10.0 Å². The topological polar surface area (TPSA) is 81.7 Å². The predicted octanol–water partition coefficient (Wildman–Crippen LogP) is 2.23. The smallest absolute Gasteiger partial charge is 0.251 e. The van der Waals surface area contributed by atoms with Gasteiger partial charge >= 0.3 is 0 Å². The van der Waals surface area contributed by atoms with Crippen molar-refractivity contribution in [2.75, 3.05) is 46.3 Å². The summed E-state index contributed by atoms with van der Waals surface area (Å²) in [5, 5.41) is 2.94. The van der Waals surface area contributed by atoms with E-state index in [2.05, 4.69) is 26.9 Å². The molecule has 1 fully saturated rings. The van der Waals surface area contributed by atoms with Gasteiger partial charge in [-0.15, -0.1) is 0 Å². The van der Waals surface area contributed by atoms with Gasteiger partial charge in [0.15, 0.2) is 0 Å². The van der Waals surface area contributed by atoms with Crippen LogP contribution in [-0.4, -0.2) is 70.4 Å². The van der Waals surface area contributed by atoms with Gasteiger partial charge in [-0.05, 0) is 56.6 Å². The summed E-state index contributed by atoms with van der Waals surface area (Å²) >= 11 is 0. The highest BCUT2D eigenvalue weighted by atomic mass is 32.2. The molecule has 0 atom stereocenters. The fourth-order valence-electron chi connectivity index (χ4n) is 3.70. The third-order valence-corrected chi connectivity index (χ3v) is 7.25. The van der Waals surface area contributed by atoms with Crippen molar-refractivity contribution in [3.8, 4) is 0 Å². The standard InChI is InChI=1S/C24H34N4O3S/c1-20-10-11-22(32(30,31)26-19-21-8-4-3-5-9-21)18-23(20)24(29)25-12-6-7-13-28-16-14-27(2)15-17-28/h3-5,8-11,18,26H,6-7,12-17,19H2,1-2H3,(H,25,29). The van der Waals surface area contributed by atoms with Crippen LogP contribution in [-0.2, 0) is 16.6 Å². The number of rotatable bonds is 10. The van der Waals surface area contributed by atoms with E-state index in [4.69, 9.17) is 0 Å². The largest absolute Gasteiger partial charge is 0.352 e. The van der Waals surface area contributed by atoms with Crippen LogP contribution in [0, 0.1) is 6.92 Å². The molecule has 0 unspecified atom stereocenters. The fraction of sp³-hybridized carbons (Fsp3) is 0.458. The van der Waals surface area contributed by atoms with Crippen LogP contribution in [0.4, 0.5) is 0 Å². The normalized spacial score (nSPS) is 15.6. The molecule has 2 N–H and O–H groups in total. The number of carbonyl (C=O) groups is 1. The average Bonchev–Trinajstić information content (AvgIpc) is 2.79. The van der Waals surface area contributed by atoms with Crippen molar-refractivity contribution in [3.63, 3.8) is 0 Å². The third-order valence-electron chi connectivity index (χ3n) is 5.86. The zero-order valence-corrected chi connectivity index (χ0v) is 19.8. The van der Waals surface area contributed by atoms with Crippen LogP contribution in [0.5, 0.6) is 0 Å². The van der Waals surface area contributed by atoms with E-state index < -0.39 is 10.0 Å². The molecule has 0 saturated carbocycles. The van der Waals surface area contributed by atoms with Crippen molar-refractivity contribution in [3.05, 3.63) is 65.2 Å². The second kappa shape index (κ2) is 11.6. The van der Waals surface area contributed by atoms with Crippen molar-refractivity contribution in [2.24, 2.45) is 0 Å². The Balaban J connectivity index is 1.50. The summed E-state index contributed by atoms with van der Waals surface area (Å²) in [4.78, 5) is 17.6. The summed E-state index contributed by atoms with van der Waals surface area (Å²) in [5.74, 6) is -0.234. The second-order valence-corrected chi connectivity index (χ2v) is 10.2. The van der Waals surface area contributed by atoms with Crippen LogP contribution < -0.4 is 10.0 Å². The van der Waals surface area contributed by atoms with Crippen LogP contribution in [0.25, 0.3) is 0 Å². The van der Waals surface area contributed by atoms with Crippen molar-refractivity contribution < 1.29 is 13.2 Å². The maximum atomic E-state index is 12.7. The van der Waals surface area contributed by atoms with E-state index in [1.54, 1.807) is 6.07 Å². The lowest BCUT2D eigenvalue weighted by atomic mass is 10.1. The number of carbonyl (C=O) groups excluding carboxylic acids is 1. The summed E-state index contributed by atoms with van der Waals surface area (Å²) in [6.45, 7) is 8.05. The molecule has 32 heavy (non-hydrogen) atoms. The summed E-state index contributed by atoms with van der Waals surface area (Å²) in [6.07, 6.45) is 1.93. The van der Waals surface area contributed by atoms with Gasteiger partial charge in [0.1, 0.15) is 0 Å². The molecule has 2 aromatic carbocycles. The van der Waals surface area contributed by atoms with Gasteiger partial charge in [0.25, 0.3) is 5.91 Å². The quantitative estimate of drug-likeness (QED) is 0.534. The number of sulfonamides is 1. The Hall–Kier alpha value is -2.26. The minimum Gasteiger partial charge on any atom is -0.352 e. The van der Waals surface area contributed by atoms with E-state index in [9.17, 15) is 13.2 Å². The van der Waals surface area contributed by atoms with E-state index >= 15 is 0 Å². The van der Waals surface area contributed by atoms with E-state index in [-0.39, 0.29) is 17.3 Å². The van der Waals surface area contributed by atoms with Crippen molar-refractivity contribution in [2.45, 2.75) is 31.2 Å². The zero-order valence-electron chi connectivity index (χ0n) is 19.0. The predicted molar refractivity (Wildman–Crippen MR) is 127 cm³/mol. The lowest BCUT2D eigenvalue weighted by Gasteiger charge is -2.32. The van der Waals surface area contributed by atoms with Crippen LogP contribution >= 0.6 is 0 Å². The highest BCUT2D eigenvalue weighted by Crippen LogP contribution is 2.16. The zero-order chi connectivity index (χ0) is 23.0. The Morgan fingerprint density at radius 2 is 1.72 bits per heavy atom. The van der Waals surface area contributed by atoms with Crippen LogP contribution in [0.3, 0.4) is 0 Å². The molecule has 3 rings (SSSR count). The monoisotopic (exact) mass is 458 g/mol. The molecule has 1 saturated heterocycles. The Morgan fingerprint density at radius 1 is 1.00 bits per heavy atom. The molecule has 0 radical (unpaired) electrons. The van der Waals surface area contributed by atoms with Crippen molar-refractivity contribution in [1.82, 2.24) is 19.8 Å². The number of nitrogens with zero attached hydrogens (tertiary/aromatic N) is 2. The molecule has 0 spiro atoms. The summed E-state index contributed by atoms with van der Waals surface area (Å²) in [7, 11) is -1.57. The first-order valence-corrected chi connectivity index (χ1v) is 12.7. The number of piperazine rings is 1. The molecule has 174 valence electrons. The minimum absolute atomic E-state index is 0.0965. The number of unbranched alkanes of at least 4 members (excludes halogenated alkanes) is 1. The highest BCUT2D eigenvalue weighted by molar-refractivity contribution is 7.89. The number of hydrogen-bond donors (Lipinski definition) is 2. The first-order chi connectivity index (χ1) is 15.3. The third kappa shape index (κ3) is 7.13. The first-order valence-electron chi connectivity index (χ1n) is 11.2. The summed E-state index contributed by atoms with van der Waals surface area (Å²) in [5.41, 5.74) is 2.02. The van der Waals surface area contributed by atoms with Crippen LogP contribution in [0.1, 0.15) is 34.3 Å². The Bertz CT molecular complexity index is 988. The molecule has 1 amide bonds. The SMILES string of the molecule is Cc1ccc(S(=O)(=O)NCc2ccccc2)cc1C(=O)NCCCCN1CCN(C)CC1. The fourth-order valence-corrected chi connectivity index (χ4v) is 4.74. The maximum absolute atomic E-state index is 12.7. The summed E-state index contributed by atoms with van der Waals surface area (Å²) < 4.78 is 28.0. The van der Waals surface area contributed by atoms with Gasteiger partial charge in [-0.25, -0.2) is 13.1 Å². The Kier molecular flexibility index (Phi) is 8.81. The molecular formula is C24H34N4O3S. The van der Waals surface area contributed by atoms with E-state index in [0.717, 1.165) is 56.7 Å². The molecular weight excluding hydrogens is 424 g/mol. The van der Waals surface area contributed by atoms with E-state index in [1.165, 1.54) is 12.1 Å². The molecule has 0 bridgehead atoms. The lowest BCUT2D eigenvalue weighted by Crippen LogP contribution is -2.44. The van der Waals surface area contributed by atoms with E-state index in [0.29, 0.717) is 12.1 Å².